The number of methoxy groups -OCH3 is 2. The second-order valence-electron chi connectivity index (χ2n) is 17.4. The molecule has 0 aliphatic carbocycles. The van der Waals surface area contributed by atoms with Crippen molar-refractivity contribution in [3.63, 3.8) is 0 Å². The van der Waals surface area contributed by atoms with Crippen LogP contribution in [0.15, 0.2) is 73.8 Å². The van der Waals surface area contributed by atoms with Gasteiger partial charge in [0.1, 0.15) is 35.4 Å². The van der Waals surface area contributed by atoms with Crippen LogP contribution in [0.5, 0.6) is 11.5 Å². The minimum absolute atomic E-state index is 0.0355. The Morgan fingerprint density at radius 2 is 0.961 bits per heavy atom. The van der Waals surface area contributed by atoms with Gasteiger partial charge in [0.25, 0.3) is 0 Å². The lowest BCUT2D eigenvalue weighted by Crippen LogP contribution is -2.33. The van der Waals surface area contributed by atoms with E-state index in [-0.39, 0.29) is 37.0 Å². The highest BCUT2D eigenvalue weighted by Gasteiger charge is 2.39. The third-order valence-electron chi connectivity index (χ3n) is 11.9. The van der Waals surface area contributed by atoms with Gasteiger partial charge in [0.05, 0.1) is 39.7 Å². The molecule has 0 saturated heterocycles. The van der Waals surface area contributed by atoms with Crippen molar-refractivity contribution in [2.24, 2.45) is 0 Å². The fourth-order valence-electron chi connectivity index (χ4n) is 7.75. The van der Waals surface area contributed by atoms with Gasteiger partial charge in [-0.3, -0.25) is 19.2 Å². The number of rotatable bonds is 24. The van der Waals surface area contributed by atoms with E-state index in [1.165, 1.54) is 0 Å². The van der Waals surface area contributed by atoms with E-state index in [1.54, 1.807) is 39.3 Å². The molecule has 2 aromatic carbocycles. The number of carbonyl (C=O) groups is 6. The summed E-state index contributed by atoms with van der Waals surface area (Å²) in [5.74, 6) is -3.43. The van der Waals surface area contributed by atoms with Crippen LogP contribution in [0, 0.1) is 13.8 Å². The standard InChI is InChI=1S/2C24H32N4O3.2C2HF3O2/c2*1-4-18(29)8-6-5-7-9-23(28-13-12-25-16-28)27-24(30)15-20-17(2)26-22-11-10-19(31-3)14-21(20)22;2*3-2(4,5)1(6)7/h2*10-14,16,23,26H,4-9,15H2,1-3H3,(H,27,30);2*(H,6,7)/t2*23-;;/m00../s1. The van der Waals surface area contributed by atoms with Crippen LogP contribution in [0.25, 0.3) is 21.8 Å². The summed E-state index contributed by atoms with van der Waals surface area (Å²) in [7, 11) is 3.28. The molecular formula is C52H66F6N8O10. The molecule has 0 spiro atoms. The number of carboxylic acids is 2. The minimum atomic E-state index is -5.08. The third-order valence-corrected chi connectivity index (χ3v) is 11.9. The number of unbranched alkanes of at least 4 members (excludes halogenated alkanes) is 4. The van der Waals surface area contributed by atoms with E-state index in [0.29, 0.717) is 37.2 Å². The van der Waals surface area contributed by atoms with Gasteiger partial charge in [-0.05, 0) is 99.9 Å². The number of carboxylic acid groups (broad SMARTS) is 2. The average molecular weight is 1080 g/mol. The highest BCUT2D eigenvalue weighted by atomic mass is 19.4. The Morgan fingerprint density at radius 3 is 1.25 bits per heavy atom. The molecule has 4 aromatic heterocycles. The Balaban J connectivity index is 0.000000320. The summed E-state index contributed by atoms with van der Waals surface area (Å²) in [5, 5.41) is 22.6. The summed E-state index contributed by atoms with van der Waals surface area (Å²) in [4.78, 5) is 81.6. The number of hydrogen-bond acceptors (Lipinski definition) is 10. The number of halogens is 6. The molecule has 0 unspecified atom stereocenters. The van der Waals surface area contributed by atoms with E-state index < -0.39 is 24.3 Å². The van der Waals surface area contributed by atoms with Gasteiger partial charge in [-0.25, -0.2) is 19.6 Å². The number of ether oxygens (including phenoxy) is 2. The van der Waals surface area contributed by atoms with Crippen molar-refractivity contribution < 1.29 is 74.8 Å². The molecule has 0 saturated carbocycles. The molecule has 2 atom stereocenters. The number of aromatic amines is 2. The first-order valence-corrected chi connectivity index (χ1v) is 24.4. The number of nitrogens with one attached hydrogen (secondary N) is 4. The number of alkyl halides is 6. The van der Waals surface area contributed by atoms with Gasteiger partial charge < -0.3 is 49.4 Å². The molecule has 18 nitrogen and oxygen atoms in total. The zero-order chi connectivity index (χ0) is 56.6. The number of aliphatic carboxylic acids is 2. The number of imidazole rings is 2. The predicted molar refractivity (Wildman–Crippen MR) is 270 cm³/mol. The van der Waals surface area contributed by atoms with Crippen LogP contribution >= 0.6 is 0 Å². The zero-order valence-corrected chi connectivity index (χ0v) is 43.2. The molecular weight excluding hydrogens is 1010 g/mol. The normalized spacial score (nSPS) is 11.9. The van der Waals surface area contributed by atoms with Crippen LogP contribution in [0.4, 0.5) is 26.3 Å². The summed E-state index contributed by atoms with van der Waals surface area (Å²) in [6.45, 7) is 7.77. The molecule has 24 heteroatoms. The van der Waals surface area contributed by atoms with Crippen LogP contribution < -0.4 is 20.1 Å². The lowest BCUT2D eigenvalue weighted by atomic mass is 10.1. The van der Waals surface area contributed by atoms with Crippen LogP contribution in [-0.2, 0) is 41.6 Å². The van der Waals surface area contributed by atoms with Crippen molar-refractivity contribution in [1.29, 1.82) is 0 Å². The quantitative estimate of drug-likeness (QED) is 0.0245. The van der Waals surface area contributed by atoms with Gasteiger partial charge in [-0.15, -0.1) is 0 Å². The number of carbonyl (C=O) groups excluding carboxylic acids is 4. The van der Waals surface area contributed by atoms with Gasteiger partial charge in [0, 0.05) is 83.7 Å². The molecule has 76 heavy (non-hydrogen) atoms. The molecule has 6 aromatic rings. The first-order chi connectivity index (χ1) is 35.9. The van der Waals surface area contributed by atoms with Crippen LogP contribution in [0.3, 0.4) is 0 Å². The number of aryl methyl sites for hydroxylation is 2. The largest absolute Gasteiger partial charge is 0.497 e. The maximum Gasteiger partial charge on any atom is 0.490 e. The molecule has 0 aliphatic rings. The summed E-state index contributed by atoms with van der Waals surface area (Å²) in [6, 6.07) is 11.7. The molecule has 0 bridgehead atoms. The Morgan fingerprint density at radius 1 is 0.605 bits per heavy atom. The van der Waals surface area contributed by atoms with Crippen LogP contribution in [0.2, 0.25) is 0 Å². The number of nitrogens with zero attached hydrogens (tertiary/aromatic N) is 4. The van der Waals surface area contributed by atoms with Gasteiger partial charge >= 0.3 is 24.3 Å². The lowest BCUT2D eigenvalue weighted by Gasteiger charge is -2.20. The van der Waals surface area contributed by atoms with E-state index in [2.05, 4.69) is 30.6 Å². The summed E-state index contributed by atoms with van der Waals surface area (Å²) >= 11 is 0. The summed E-state index contributed by atoms with van der Waals surface area (Å²) in [5.41, 5.74) is 5.92. The number of fused-ring (bicyclic) bond motifs is 2. The van der Waals surface area contributed by atoms with Crippen molar-refractivity contribution in [2.45, 2.75) is 142 Å². The fourth-order valence-corrected chi connectivity index (χ4v) is 7.75. The van der Waals surface area contributed by atoms with Crippen molar-refractivity contribution in [1.82, 2.24) is 39.7 Å². The molecule has 0 fully saturated rings. The minimum Gasteiger partial charge on any atom is -0.497 e. The predicted octanol–water partition coefficient (Wildman–Crippen LogP) is 10.2. The van der Waals surface area contributed by atoms with E-state index in [1.807, 2.05) is 85.6 Å². The molecule has 0 aliphatic heterocycles. The fraction of sp³-hybridized carbons (Fsp3) is 0.462. The number of benzene rings is 2. The van der Waals surface area contributed by atoms with Crippen molar-refractivity contribution in [2.75, 3.05) is 14.2 Å². The van der Waals surface area contributed by atoms with Crippen LogP contribution in [-0.4, -0.2) is 101 Å². The van der Waals surface area contributed by atoms with Gasteiger partial charge in [-0.2, -0.15) is 26.3 Å². The van der Waals surface area contributed by atoms with Gasteiger partial charge in [0.15, 0.2) is 0 Å². The number of amides is 2. The number of ketones is 2. The molecule has 2 amide bonds. The molecule has 4 heterocycles. The smallest absolute Gasteiger partial charge is 0.490 e. The summed E-state index contributed by atoms with van der Waals surface area (Å²) in [6.07, 6.45) is 10.4. The van der Waals surface area contributed by atoms with E-state index in [0.717, 1.165) is 107 Å². The van der Waals surface area contributed by atoms with Crippen molar-refractivity contribution in [3.05, 3.63) is 96.4 Å². The maximum atomic E-state index is 12.9. The first kappa shape index (κ1) is 62.6. The molecule has 416 valence electrons. The van der Waals surface area contributed by atoms with E-state index in [4.69, 9.17) is 29.3 Å². The highest BCUT2D eigenvalue weighted by Crippen LogP contribution is 2.29. The number of aromatic nitrogens is 6. The number of H-pyrrole nitrogens is 2. The molecule has 6 N–H and O–H groups in total. The topological polar surface area (TPSA) is 253 Å². The summed E-state index contributed by atoms with van der Waals surface area (Å²) < 4.78 is 78.0. The lowest BCUT2D eigenvalue weighted by molar-refractivity contribution is -0.193. The molecule has 6 rings (SSSR count). The number of hydrogen-bond donors (Lipinski definition) is 6. The Bertz CT molecular complexity index is 2600. The average Bonchev–Trinajstić information content (AvgIpc) is 4.22. The first-order valence-electron chi connectivity index (χ1n) is 24.4. The number of Topliss-reactive ketones (excluding diaryl/α,β-unsaturated/α-hetero) is 2. The maximum absolute atomic E-state index is 12.9. The Labute approximate surface area is 435 Å². The second kappa shape index (κ2) is 30.6. The van der Waals surface area contributed by atoms with Crippen LogP contribution in [0.1, 0.15) is 126 Å². The molecule has 0 radical (unpaired) electrons. The zero-order valence-electron chi connectivity index (χ0n) is 43.2. The van der Waals surface area contributed by atoms with E-state index >= 15 is 0 Å². The van der Waals surface area contributed by atoms with E-state index in [9.17, 15) is 45.5 Å². The SMILES string of the molecule is CCC(=O)CCCCC[C@@H](NC(=O)Cc1c(C)[nH]c2ccc(OC)cc12)n1ccnc1.CCC(=O)CCCCC[C@@H](NC(=O)Cc1c(C)[nH]c2ccc(OC)cc12)n1ccnc1.O=C(O)C(F)(F)F.O=C(O)C(F)(F)F. The Kier molecular flexibility index (Phi) is 25.3. The van der Waals surface area contributed by atoms with Gasteiger partial charge in [0.2, 0.25) is 11.8 Å². The highest BCUT2D eigenvalue weighted by molar-refractivity contribution is 5.92. The third kappa shape index (κ3) is 20.9. The van der Waals surface area contributed by atoms with Crippen molar-refractivity contribution >= 4 is 57.1 Å². The van der Waals surface area contributed by atoms with Crippen molar-refractivity contribution in [3.8, 4) is 11.5 Å². The second-order valence-corrected chi connectivity index (χ2v) is 17.4. The Hall–Kier alpha value is -7.66. The monoisotopic (exact) mass is 1080 g/mol. The van der Waals surface area contributed by atoms with Gasteiger partial charge in [-0.1, -0.05) is 26.7 Å².